The Hall–Kier alpha value is -2.51. The van der Waals surface area contributed by atoms with Crippen molar-refractivity contribution in [2.75, 3.05) is 6.61 Å². The number of benzene rings is 1. The quantitative estimate of drug-likeness (QED) is 0.477. The van der Waals surface area contributed by atoms with Gasteiger partial charge in [-0.3, -0.25) is 9.36 Å². The number of thiazole rings is 1. The normalized spacial score (nSPS) is 11.2. The molecule has 0 atom stereocenters. The van der Waals surface area contributed by atoms with E-state index < -0.39 is 0 Å². The molecular weight excluding hydrogens is 378 g/mol. The SMILES string of the molecule is CCOc1ccc(-c2nc(Cn3cnc4sc(CC)cc4c3=O)cs2)cc1. The molecule has 0 radical (unpaired) electrons. The van der Waals surface area contributed by atoms with Gasteiger partial charge in [-0.05, 0) is 43.7 Å². The van der Waals surface area contributed by atoms with Gasteiger partial charge in [-0.25, -0.2) is 9.97 Å². The number of fused-ring (bicyclic) bond motifs is 1. The Morgan fingerprint density at radius 2 is 2.00 bits per heavy atom. The number of thiophene rings is 1. The molecule has 3 heterocycles. The summed E-state index contributed by atoms with van der Waals surface area (Å²) in [7, 11) is 0. The summed E-state index contributed by atoms with van der Waals surface area (Å²) in [5, 5.41) is 3.62. The average Bonchev–Trinajstić information content (AvgIpc) is 3.32. The van der Waals surface area contributed by atoms with Crippen molar-refractivity contribution in [3.05, 3.63) is 63.0 Å². The second-order valence-corrected chi connectivity index (χ2v) is 8.04. The van der Waals surface area contributed by atoms with Gasteiger partial charge in [0.1, 0.15) is 15.6 Å². The first-order valence-corrected chi connectivity index (χ1v) is 10.5. The van der Waals surface area contributed by atoms with Crippen LogP contribution >= 0.6 is 22.7 Å². The molecule has 0 aliphatic heterocycles. The second-order valence-electron chi connectivity index (χ2n) is 6.06. The van der Waals surface area contributed by atoms with Crippen molar-refractivity contribution in [3.8, 4) is 16.3 Å². The highest BCUT2D eigenvalue weighted by molar-refractivity contribution is 7.18. The summed E-state index contributed by atoms with van der Waals surface area (Å²) in [5.41, 5.74) is 1.89. The van der Waals surface area contributed by atoms with Gasteiger partial charge in [0, 0.05) is 15.8 Å². The molecule has 1 aromatic carbocycles. The number of nitrogens with zero attached hydrogens (tertiary/aromatic N) is 3. The van der Waals surface area contributed by atoms with Crippen LogP contribution < -0.4 is 10.3 Å². The molecule has 3 aromatic heterocycles. The molecule has 0 fully saturated rings. The fraction of sp³-hybridized carbons (Fsp3) is 0.250. The first kappa shape index (κ1) is 17.9. The summed E-state index contributed by atoms with van der Waals surface area (Å²) < 4.78 is 7.11. The zero-order valence-corrected chi connectivity index (χ0v) is 16.8. The third-order valence-corrected chi connectivity index (χ3v) is 6.34. The van der Waals surface area contributed by atoms with Crippen molar-refractivity contribution in [2.45, 2.75) is 26.8 Å². The minimum atomic E-state index is -0.00781. The molecule has 7 heteroatoms. The summed E-state index contributed by atoms with van der Waals surface area (Å²) in [6, 6.07) is 9.86. The van der Waals surface area contributed by atoms with E-state index in [2.05, 4.69) is 16.9 Å². The first-order chi connectivity index (χ1) is 13.2. The van der Waals surface area contributed by atoms with Crippen LogP contribution in [0, 0.1) is 0 Å². The maximum Gasteiger partial charge on any atom is 0.262 e. The summed E-state index contributed by atoms with van der Waals surface area (Å²) in [4.78, 5) is 23.8. The molecule has 0 amide bonds. The molecule has 0 aliphatic carbocycles. The molecule has 0 saturated carbocycles. The molecule has 138 valence electrons. The molecule has 0 aliphatic rings. The number of ether oxygens (including phenoxy) is 1. The summed E-state index contributed by atoms with van der Waals surface area (Å²) in [6.07, 6.45) is 2.54. The smallest absolute Gasteiger partial charge is 0.262 e. The van der Waals surface area contributed by atoms with Gasteiger partial charge in [0.05, 0.1) is 30.6 Å². The molecule has 4 aromatic rings. The topological polar surface area (TPSA) is 57.0 Å². The number of hydrogen-bond donors (Lipinski definition) is 0. The maximum atomic E-state index is 12.7. The number of aromatic nitrogens is 3. The fourth-order valence-corrected chi connectivity index (χ4v) is 4.59. The molecule has 27 heavy (non-hydrogen) atoms. The lowest BCUT2D eigenvalue weighted by Crippen LogP contribution is -2.20. The van der Waals surface area contributed by atoms with Gasteiger partial charge in [0.15, 0.2) is 0 Å². The third kappa shape index (κ3) is 3.65. The van der Waals surface area contributed by atoms with Crippen LogP contribution in [0.4, 0.5) is 0 Å². The molecular formula is C20H19N3O2S2. The zero-order chi connectivity index (χ0) is 18.8. The summed E-state index contributed by atoms with van der Waals surface area (Å²) in [6.45, 7) is 5.12. The molecule has 0 bridgehead atoms. The van der Waals surface area contributed by atoms with Crippen molar-refractivity contribution in [1.29, 1.82) is 0 Å². The lowest BCUT2D eigenvalue weighted by molar-refractivity contribution is 0.340. The van der Waals surface area contributed by atoms with Crippen LogP contribution in [0.1, 0.15) is 24.4 Å². The van der Waals surface area contributed by atoms with Crippen LogP contribution in [0.2, 0.25) is 0 Å². The van der Waals surface area contributed by atoms with E-state index in [4.69, 9.17) is 4.74 Å². The van der Waals surface area contributed by atoms with Gasteiger partial charge in [0.25, 0.3) is 5.56 Å². The fourth-order valence-electron chi connectivity index (χ4n) is 2.84. The largest absolute Gasteiger partial charge is 0.494 e. The van der Waals surface area contributed by atoms with Gasteiger partial charge in [-0.2, -0.15) is 0 Å². The van der Waals surface area contributed by atoms with Crippen LogP contribution in [0.5, 0.6) is 5.75 Å². The first-order valence-electron chi connectivity index (χ1n) is 8.83. The van der Waals surface area contributed by atoms with Gasteiger partial charge in [-0.1, -0.05) is 6.92 Å². The van der Waals surface area contributed by atoms with Crippen LogP contribution in [0.15, 0.2) is 46.8 Å². The van der Waals surface area contributed by atoms with E-state index >= 15 is 0 Å². The van der Waals surface area contributed by atoms with Crippen molar-refractivity contribution in [3.63, 3.8) is 0 Å². The van der Waals surface area contributed by atoms with Gasteiger partial charge in [-0.15, -0.1) is 22.7 Å². The molecule has 5 nitrogen and oxygen atoms in total. The standard InChI is InChI=1S/C20H19N3O2S2/c1-3-16-9-17-19(27-16)21-12-23(20(17)24)10-14-11-26-18(22-14)13-5-7-15(8-6-13)25-4-2/h5-9,11-12H,3-4,10H2,1-2H3. The minimum Gasteiger partial charge on any atom is -0.494 e. The Bertz CT molecular complexity index is 1130. The predicted octanol–water partition coefficient (Wildman–Crippen LogP) is 4.59. The van der Waals surface area contributed by atoms with E-state index in [1.165, 1.54) is 4.88 Å². The monoisotopic (exact) mass is 397 g/mol. The van der Waals surface area contributed by atoms with Crippen molar-refractivity contribution < 1.29 is 4.74 Å². The highest BCUT2D eigenvalue weighted by Gasteiger charge is 2.11. The molecule has 0 spiro atoms. The Kier molecular flexibility index (Phi) is 5.05. The Morgan fingerprint density at radius 1 is 1.19 bits per heavy atom. The van der Waals surface area contributed by atoms with E-state index in [1.807, 2.05) is 42.6 Å². The van der Waals surface area contributed by atoms with Crippen LogP contribution in [-0.4, -0.2) is 21.1 Å². The number of hydrogen-bond acceptors (Lipinski definition) is 6. The maximum absolute atomic E-state index is 12.7. The van der Waals surface area contributed by atoms with Crippen LogP contribution in [0.3, 0.4) is 0 Å². The summed E-state index contributed by atoms with van der Waals surface area (Å²) in [5.74, 6) is 0.853. The van der Waals surface area contributed by atoms with E-state index in [0.717, 1.165) is 33.3 Å². The Morgan fingerprint density at radius 3 is 2.74 bits per heavy atom. The van der Waals surface area contributed by atoms with Gasteiger partial charge in [0.2, 0.25) is 0 Å². The van der Waals surface area contributed by atoms with E-state index in [-0.39, 0.29) is 5.56 Å². The van der Waals surface area contributed by atoms with Crippen LogP contribution in [-0.2, 0) is 13.0 Å². The second kappa shape index (κ2) is 7.62. The third-order valence-electron chi connectivity index (χ3n) is 4.21. The van der Waals surface area contributed by atoms with E-state index in [0.29, 0.717) is 18.5 Å². The van der Waals surface area contributed by atoms with E-state index in [9.17, 15) is 4.79 Å². The predicted molar refractivity (Wildman–Crippen MR) is 111 cm³/mol. The molecule has 4 rings (SSSR count). The van der Waals surface area contributed by atoms with Gasteiger partial charge >= 0.3 is 0 Å². The Balaban J connectivity index is 1.58. The number of aryl methyl sites for hydroxylation is 1. The van der Waals surface area contributed by atoms with Crippen LogP contribution in [0.25, 0.3) is 20.8 Å². The highest BCUT2D eigenvalue weighted by Crippen LogP contribution is 2.26. The molecule has 0 N–H and O–H groups in total. The highest BCUT2D eigenvalue weighted by atomic mass is 32.1. The van der Waals surface area contributed by atoms with Crippen molar-refractivity contribution in [2.24, 2.45) is 0 Å². The van der Waals surface area contributed by atoms with Gasteiger partial charge < -0.3 is 4.74 Å². The van der Waals surface area contributed by atoms with Crippen molar-refractivity contribution >= 4 is 32.9 Å². The molecule has 0 unspecified atom stereocenters. The summed E-state index contributed by atoms with van der Waals surface area (Å²) >= 11 is 3.16. The lowest BCUT2D eigenvalue weighted by atomic mass is 10.2. The number of rotatable bonds is 6. The molecule has 0 saturated heterocycles. The Labute approximate surface area is 164 Å². The lowest BCUT2D eigenvalue weighted by Gasteiger charge is -2.03. The average molecular weight is 398 g/mol. The van der Waals surface area contributed by atoms with Crippen molar-refractivity contribution in [1.82, 2.24) is 14.5 Å². The minimum absolute atomic E-state index is 0.00781. The zero-order valence-electron chi connectivity index (χ0n) is 15.1. The van der Waals surface area contributed by atoms with E-state index in [1.54, 1.807) is 33.6 Å².